The number of aliphatic imine (C=N–C) groups is 2. The number of hydrogen-bond donors (Lipinski definition) is 1. The molecule has 0 radical (unpaired) electrons. The van der Waals surface area contributed by atoms with Crippen LogP contribution >= 0.6 is 0 Å². The second kappa shape index (κ2) is 10.3. The minimum atomic E-state index is -0.307. The SMILES string of the molecule is c1ccc(C2=NC(c3cccc4cc(-c5cncc6oc7cc8ccccc8cc7c56)ccc34)NC(c3ccccc3)=N2)cc1. The summed E-state index contributed by atoms with van der Waals surface area (Å²) in [7, 11) is 0. The molecule has 0 aliphatic carbocycles. The van der Waals surface area contributed by atoms with Gasteiger partial charge in [-0.15, -0.1) is 0 Å². The van der Waals surface area contributed by atoms with Crippen LogP contribution in [0.15, 0.2) is 160 Å². The Hall–Kier alpha value is -6.07. The predicted molar refractivity (Wildman–Crippen MR) is 184 cm³/mol. The average Bonchev–Trinajstić information content (AvgIpc) is 3.48. The predicted octanol–water partition coefficient (Wildman–Crippen LogP) is 9.45. The van der Waals surface area contributed by atoms with Crippen molar-refractivity contribution in [2.45, 2.75) is 6.17 Å². The largest absolute Gasteiger partial charge is 0.454 e. The fourth-order valence-electron chi connectivity index (χ4n) is 6.42. The van der Waals surface area contributed by atoms with Gasteiger partial charge in [0.1, 0.15) is 17.6 Å². The van der Waals surface area contributed by atoms with Gasteiger partial charge in [-0.2, -0.15) is 0 Å². The third-order valence-electron chi connectivity index (χ3n) is 8.59. The van der Waals surface area contributed by atoms with Crippen molar-refractivity contribution in [3.63, 3.8) is 0 Å². The van der Waals surface area contributed by atoms with Crippen LogP contribution in [0.25, 0.3) is 54.6 Å². The van der Waals surface area contributed by atoms with Gasteiger partial charge in [0, 0.05) is 39.2 Å². The third kappa shape index (κ3) is 4.36. The highest BCUT2D eigenvalue weighted by molar-refractivity contribution is 6.16. The van der Waals surface area contributed by atoms with Gasteiger partial charge < -0.3 is 9.73 Å². The zero-order chi connectivity index (χ0) is 29.7. The second-order valence-electron chi connectivity index (χ2n) is 11.3. The smallest absolute Gasteiger partial charge is 0.159 e. The second-order valence-corrected chi connectivity index (χ2v) is 11.3. The molecule has 0 fully saturated rings. The third-order valence-corrected chi connectivity index (χ3v) is 8.59. The lowest BCUT2D eigenvalue weighted by molar-refractivity contribution is 0.667. The van der Waals surface area contributed by atoms with E-state index in [1.54, 1.807) is 0 Å². The van der Waals surface area contributed by atoms with Crippen molar-refractivity contribution in [1.29, 1.82) is 0 Å². The van der Waals surface area contributed by atoms with Crippen LogP contribution in [0.2, 0.25) is 0 Å². The van der Waals surface area contributed by atoms with Crippen LogP contribution in [0.3, 0.4) is 0 Å². The van der Waals surface area contributed by atoms with E-state index in [0.717, 1.165) is 71.8 Å². The zero-order valence-electron chi connectivity index (χ0n) is 24.2. The van der Waals surface area contributed by atoms with Crippen LogP contribution in [-0.2, 0) is 0 Å². The molecule has 1 aliphatic heterocycles. The summed E-state index contributed by atoms with van der Waals surface area (Å²) in [5.41, 5.74) is 6.89. The Morgan fingerprint density at radius 3 is 2.11 bits per heavy atom. The van der Waals surface area contributed by atoms with E-state index in [-0.39, 0.29) is 6.17 Å². The molecule has 8 aromatic rings. The number of amidine groups is 2. The van der Waals surface area contributed by atoms with E-state index in [4.69, 9.17) is 14.4 Å². The molecule has 6 aromatic carbocycles. The Morgan fingerprint density at radius 1 is 0.556 bits per heavy atom. The Bertz CT molecular complexity index is 2460. The maximum Gasteiger partial charge on any atom is 0.159 e. The maximum atomic E-state index is 6.30. The first-order valence-corrected chi connectivity index (χ1v) is 15.0. The summed E-state index contributed by atoms with van der Waals surface area (Å²) in [6, 6.07) is 46.2. The summed E-state index contributed by atoms with van der Waals surface area (Å²) in [6.07, 6.45) is 3.45. The van der Waals surface area contributed by atoms with Crippen molar-refractivity contribution in [3.8, 4) is 11.1 Å². The molecule has 0 amide bonds. The topological polar surface area (TPSA) is 62.8 Å². The highest BCUT2D eigenvalue weighted by atomic mass is 16.3. The Labute approximate surface area is 259 Å². The zero-order valence-corrected chi connectivity index (χ0v) is 24.2. The molecule has 9 rings (SSSR count). The number of aromatic nitrogens is 1. The fraction of sp³-hybridized carbons (Fsp3) is 0.0250. The van der Waals surface area contributed by atoms with Gasteiger partial charge in [-0.05, 0) is 45.3 Å². The van der Waals surface area contributed by atoms with E-state index in [0.29, 0.717) is 5.84 Å². The quantitative estimate of drug-likeness (QED) is 0.226. The lowest BCUT2D eigenvalue weighted by Gasteiger charge is -2.24. The normalized spacial score (nSPS) is 14.9. The first-order valence-electron chi connectivity index (χ1n) is 15.0. The van der Waals surface area contributed by atoms with Crippen molar-refractivity contribution in [1.82, 2.24) is 10.3 Å². The molecule has 1 N–H and O–H groups in total. The Balaban J connectivity index is 1.17. The molecule has 3 heterocycles. The van der Waals surface area contributed by atoms with Gasteiger partial charge in [0.25, 0.3) is 0 Å². The van der Waals surface area contributed by atoms with E-state index in [2.05, 4.69) is 107 Å². The number of fused-ring (bicyclic) bond motifs is 5. The van der Waals surface area contributed by atoms with Gasteiger partial charge in [0.15, 0.2) is 11.4 Å². The summed E-state index contributed by atoms with van der Waals surface area (Å²) in [5.74, 6) is 1.52. The highest BCUT2D eigenvalue weighted by Gasteiger charge is 2.23. The van der Waals surface area contributed by atoms with E-state index in [9.17, 15) is 0 Å². The number of nitrogens with zero attached hydrogens (tertiary/aromatic N) is 3. The van der Waals surface area contributed by atoms with Crippen LogP contribution in [0.4, 0.5) is 0 Å². The van der Waals surface area contributed by atoms with E-state index in [1.165, 1.54) is 5.39 Å². The van der Waals surface area contributed by atoms with Crippen molar-refractivity contribution in [3.05, 3.63) is 163 Å². The summed E-state index contributed by atoms with van der Waals surface area (Å²) >= 11 is 0. The minimum Gasteiger partial charge on any atom is -0.454 e. The van der Waals surface area contributed by atoms with E-state index >= 15 is 0 Å². The van der Waals surface area contributed by atoms with Gasteiger partial charge in [-0.3, -0.25) is 4.98 Å². The molecule has 0 saturated carbocycles. The maximum absolute atomic E-state index is 6.30. The fourth-order valence-corrected chi connectivity index (χ4v) is 6.42. The number of rotatable bonds is 4. The number of furan rings is 1. The molecule has 5 heteroatoms. The van der Waals surface area contributed by atoms with E-state index < -0.39 is 0 Å². The number of hydrogen-bond acceptors (Lipinski definition) is 5. The van der Waals surface area contributed by atoms with Crippen molar-refractivity contribution in [2.75, 3.05) is 0 Å². The van der Waals surface area contributed by atoms with Crippen LogP contribution in [0.1, 0.15) is 22.9 Å². The number of benzene rings is 6. The molecule has 1 atom stereocenters. The molecular formula is C40H26N4O. The monoisotopic (exact) mass is 578 g/mol. The standard InChI is InChI=1S/C40H26N4O/c1-3-10-25(11-4-1)38-42-39(26-12-5-2-6-13-26)44-40(43-38)32-17-9-16-29-20-30(18-19-31(29)32)34-23-41-24-36-37(34)33-21-27-14-7-8-15-28(27)22-35(33)45-36/h1-24,40H,(H,42,43,44). The lowest BCUT2D eigenvalue weighted by atomic mass is 9.95. The molecule has 0 saturated heterocycles. The van der Waals surface area contributed by atoms with Crippen molar-refractivity contribution < 1.29 is 4.42 Å². The molecular weight excluding hydrogens is 552 g/mol. The summed E-state index contributed by atoms with van der Waals surface area (Å²) in [4.78, 5) is 14.6. The van der Waals surface area contributed by atoms with Gasteiger partial charge >= 0.3 is 0 Å². The lowest BCUT2D eigenvalue weighted by Crippen LogP contribution is -2.33. The van der Waals surface area contributed by atoms with Gasteiger partial charge in [-0.25, -0.2) is 9.98 Å². The van der Waals surface area contributed by atoms with Gasteiger partial charge in [-0.1, -0.05) is 115 Å². The molecule has 45 heavy (non-hydrogen) atoms. The first kappa shape index (κ1) is 25.4. The molecule has 212 valence electrons. The molecule has 1 unspecified atom stereocenters. The van der Waals surface area contributed by atoms with E-state index in [1.807, 2.05) is 48.8 Å². The summed E-state index contributed by atoms with van der Waals surface area (Å²) in [6.45, 7) is 0. The summed E-state index contributed by atoms with van der Waals surface area (Å²) < 4.78 is 6.30. The Kier molecular flexibility index (Phi) is 5.81. The molecule has 0 bridgehead atoms. The Morgan fingerprint density at radius 2 is 1.29 bits per heavy atom. The molecule has 2 aromatic heterocycles. The van der Waals surface area contributed by atoms with Crippen molar-refractivity contribution in [2.24, 2.45) is 9.98 Å². The molecule has 1 aliphatic rings. The van der Waals surface area contributed by atoms with Crippen LogP contribution in [0.5, 0.6) is 0 Å². The molecule has 5 nitrogen and oxygen atoms in total. The van der Waals surface area contributed by atoms with Crippen LogP contribution in [-0.4, -0.2) is 16.7 Å². The van der Waals surface area contributed by atoms with Crippen LogP contribution < -0.4 is 5.32 Å². The molecule has 0 spiro atoms. The first-order chi connectivity index (χ1) is 22.3. The number of nitrogens with one attached hydrogen (secondary N) is 1. The minimum absolute atomic E-state index is 0.307. The highest BCUT2D eigenvalue weighted by Crippen LogP contribution is 2.39. The van der Waals surface area contributed by atoms with Gasteiger partial charge in [0.05, 0.1) is 6.20 Å². The number of pyridine rings is 1. The van der Waals surface area contributed by atoms with Crippen LogP contribution in [0, 0.1) is 0 Å². The van der Waals surface area contributed by atoms with Gasteiger partial charge in [0.2, 0.25) is 0 Å². The summed E-state index contributed by atoms with van der Waals surface area (Å²) in [5, 5.41) is 10.4. The average molecular weight is 579 g/mol. The van der Waals surface area contributed by atoms with Crippen molar-refractivity contribution >= 4 is 55.2 Å².